The Morgan fingerprint density at radius 2 is 1.31 bits per heavy atom. The molecule has 0 spiro atoms. The minimum absolute atomic E-state index is 1.02. The van der Waals surface area contributed by atoms with Crippen molar-refractivity contribution in [3.63, 3.8) is 0 Å². The molecule has 0 fully saturated rings. The number of benzene rings is 4. The Labute approximate surface area is 172 Å². The normalized spacial score (nSPS) is 11.8. The Hall–Kier alpha value is -3.32. The van der Waals surface area contributed by atoms with E-state index in [1.165, 1.54) is 55.2 Å². The van der Waals surface area contributed by atoms with Gasteiger partial charge in [0.15, 0.2) is 0 Å². The minimum atomic E-state index is 1.02. The molecule has 1 heterocycles. The molecular formula is C28H25N. The molecule has 29 heavy (non-hydrogen) atoms. The van der Waals surface area contributed by atoms with Gasteiger partial charge in [0.1, 0.15) is 0 Å². The maximum absolute atomic E-state index is 2.37. The van der Waals surface area contributed by atoms with E-state index < -0.39 is 0 Å². The summed E-state index contributed by atoms with van der Waals surface area (Å²) in [5.74, 6) is 0. The summed E-state index contributed by atoms with van der Waals surface area (Å²) >= 11 is 0. The van der Waals surface area contributed by atoms with Crippen molar-refractivity contribution in [2.45, 2.75) is 20.3 Å². The van der Waals surface area contributed by atoms with Crippen molar-refractivity contribution >= 4 is 21.8 Å². The molecule has 1 aliphatic rings. The van der Waals surface area contributed by atoms with Crippen LogP contribution in [0.15, 0.2) is 84.9 Å². The van der Waals surface area contributed by atoms with Gasteiger partial charge in [-0.05, 0) is 58.0 Å². The third-order valence-corrected chi connectivity index (χ3v) is 6.08. The zero-order valence-electron chi connectivity index (χ0n) is 17.2. The zero-order valence-corrected chi connectivity index (χ0v) is 17.2. The minimum Gasteiger partial charge on any atom is -0.344 e. The van der Waals surface area contributed by atoms with E-state index in [4.69, 9.17) is 0 Å². The molecule has 0 N–H and O–H groups in total. The van der Waals surface area contributed by atoms with Crippen LogP contribution in [-0.2, 0) is 13.5 Å². The first-order chi connectivity index (χ1) is 14.3. The Bertz CT molecular complexity index is 1350. The Morgan fingerprint density at radius 1 is 0.621 bits per heavy atom. The van der Waals surface area contributed by atoms with E-state index in [0.717, 1.165) is 6.42 Å². The molecule has 142 valence electrons. The highest BCUT2D eigenvalue weighted by molar-refractivity contribution is 6.09. The van der Waals surface area contributed by atoms with Crippen LogP contribution in [0.3, 0.4) is 0 Å². The van der Waals surface area contributed by atoms with Gasteiger partial charge in [0.2, 0.25) is 0 Å². The number of aryl methyl sites for hydroxylation is 1. The number of hydrogen-bond donors (Lipinski definition) is 0. The summed E-state index contributed by atoms with van der Waals surface area (Å²) in [6.07, 6.45) is 1.02. The van der Waals surface area contributed by atoms with Crippen LogP contribution in [0.5, 0.6) is 0 Å². The first-order valence-electron chi connectivity index (χ1n) is 10.5. The summed E-state index contributed by atoms with van der Waals surface area (Å²) in [7, 11) is 2.15. The fraction of sp³-hybridized carbons (Fsp3) is 0.143. The van der Waals surface area contributed by atoms with Gasteiger partial charge < -0.3 is 4.57 Å². The lowest BCUT2D eigenvalue weighted by Crippen LogP contribution is -1.89. The van der Waals surface area contributed by atoms with E-state index >= 15 is 0 Å². The summed E-state index contributed by atoms with van der Waals surface area (Å²) in [4.78, 5) is 0. The van der Waals surface area contributed by atoms with Crippen molar-refractivity contribution in [1.29, 1.82) is 0 Å². The maximum Gasteiger partial charge on any atom is 0.0489 e. The van der Waals surface area contributed by atoms with E-state index in [0.29, 0.717) is 0 Å². The van der Waals surface area contributed by atoms with Gasteiger partial charge in [-0.25, -0.2) is 0 Å². The fourth-order valence-electron chi connectivity index (χ4n) is 4.76. The summed E-state index contributed by atoms with van der Waals surface area (Å²) in [6.45, 7) is 4.00. The van der Waals surface area contributed by atoms with Crippen LogP contribution in [0.25, 0.3) is 44.1 Å². The second-order valence-corrected chi connectivity index (χ2v) is 7.47. The molecule has 6 rings (SSSR count). The maximum atomic E-state index is 2.37. The van der Waals surface area contributed by atoms with E-state index in [1.54, 1.807) is 0 Å². The molecule has 0 saturated heterocycles. The third-order valence-electron chi connectivity index (χ3n) is 6.08. The van der Waals surface area contributed by atoms with Gasteiger partial charge in [-0.15, -0.1) is 0 Å². The van der Waals surface area contributed by atoms with Crippen molar-refractivity contribution in [3.05, 3.63) is 96.1 Å². The molecule has 0 bridgehead atoms. The SMILES string of the molecule is CC.Cn1c2ccccc2c2cc(-c3cccc4c3Cc3ccccc3-4)ccc21. The molecular weight excluding hydrogens is 350 g/mol. The number of hydrogen-bond acceptors (Lipinski definition) is 0. The Kier molecular flexibility index (Phi) is 4.24. The number of aromatic nitrogens is 1. The number of nitrogens with zero attached hydrogens (tertiary/aromatic N) is 1. The zero-order chi connectivity index (χ0) is 20.0. The standard InChI is InChI=1S/C26H19N.C2H6/c1-27-25-12-5-4-9-22(25)24-16-18(13-14-26(24)27)20-10-6-11-21-19-8-3-2-7-17(19)15-23(20)21;1-2/h2-14,16H,15H2,1H3;1-2H3. The Balaban J connectivity index is 0.000000882. The van der Waals surface area contributed by atoms with Crippen LogP contribution in [0.4, 0.5) is 0 Å². The van der Waals surface area contributed by atoms with Crippen molar-refractivity contribution in [2.75, 3.05) is 0 Å². The summed E-state index contributed by atoms with van der Waals surface area (Å²) in [5.41, 5.74) is 10.9. The summed E-state index contributed by atoms with van der Waals surface area (Å²) in [5, 5.41) is 2.66. The Morgan fingerprint density at radius 3 is 2.21 bits per heavy atom. The molecule has 0 unspecified atom stereocenters. The van der Waals surface area contributed by atoms with E-state index in [9.17, 15) is 0 Å². The van der Waals surface area contributed by atoms with Gasteiger partial charge in [0, 0.05) is 28.9 Å². The summed E-state index contributed by atoms with van der Waals surface area (Å²) in [6, 6.07) is 31.1. The van der Waals surface area contributed by atoms with Gasteiger partial charge in [-0.3, -0.25) is 0 Å². The molecule has 1 aliphatic carbocycles. The molecule has 0 radical (unpaired) electrons. The third kappa shape index (κ3) is 2.61. The van der Waals surface area contributed by atoms with Crippen LogP contribution in [0, 0.1) is 0 Å². The molecule has 4 aromatic carbocycles. The molecule has 0 aliphatic heterocycles. The molecule has 1 aromatic heterocycles. The van der Waals surface area contributed by atoms with Gasteiger partial charge in [-0.1, -0.05) is 80.6 Å². The van der Waals surface area contributed by atoms with Gasteiger partial charge >= 0.3 is 0 Å². The summed E-state index contributed by atoms with van der Waals surface area (Å²) < 4.78 is 2.29. The highest BCUT2D eigenvalue weighted by Gasteiger charge is 2.21. The smallest absolute Gasteiger partial charge is 0.0489 e. The quantitative estimate of drug-likeness (QED) is 0.279. The first-order valence-corrected chi connectivity index (χ1v) is 10.5. The first kappa shape index (κ1) is 17.8. The van der Waals surface area contributed by atoms with Crippen LogP contribution < -0.4 is 0 Å². The van der Waals surface area contributed by atoms with E-state index in [2.05, 4.69) is 96.5 Å². The lowest BCUT2D eigenvalue weighted by atomic mass is 9.95. The average molecular weight is 376 g/mol. The van der Waals surface area contributed by atoms with Crippen LogP contribution in [0.2, 0.25) is 0 Å². The molecule has 1 nitrogen and oxygen atoms in total. The average Bonchev–Trinajstić information content (AvgIpc) is 3.31. The van der Waals surface area contributed by atoms with Crippen molar-refractivity contribution < 1.29 is 0 Å². The highest BCUT2D eigenvalue weighted by Crippen LogP contribution is 2.42. The fourth-order valence-corrected chi connectivity index (χ4v) is 4.76. The monoisotopic (exact) mass is 375 g/mol. The number of rotatable bonds is 1. The highest BCUT2D eigenvalue weighted by atomic mass is 14.9. The molecule has 1 heteroatoms. The van der Waals surface area contributed by atoms with E-state index in [1.807, 2.05) is 13.8 Å². The molecule has 0 saturated carbocycles. The lowest BCUT2D eigenvalue weighted by Gasteiger charge is -2.09. The van der Waals surface area contributed by atoms with E-state index in [-0.39, 0.29) is 0 Å². The lowest BCUT2D eigenvalue weighted by molar-refractivity contribution is 1.01. The van der Waals surface area contributed by atoms with Gasteiger partial charge in [0.25, 0.3) is 0 Å². The molecule has 0 amide bonds. The van der Waals surface area contributed by atoms with Crippen molar-refractivity contribution in [1.82, 2.24) is 4.57 Å². The number of para-hydroxylation sites is 1. The van der Waals surface area contributed by atoms with Gasteiger partial charge in [-0.2, -0.15) is 0 Å². The van der Waals surface area contributed by atoms with Crippen LogP contribution in [-0.4, -0.2) is 4.57 Å². The number of fused-ring (bicyclic) bond motifs is 6. The molecule has 0 atom stereocenters. The molecule has 5 aromatic rings. The predicted molar refractivity (Wildman–Crippen MR) is 125 cm³/mol. The topological polar surface area (TPSA) is 4.93 Å². The van der Waals surface area contributed by atoms with Crippen molar-refractivity contribution in [2.24, 2.45) is 7.05 Å². The van der Waals surface area contributed by atoms with Crippen LogP contribution in [0.1, 0.15) is 25.0 Å². The van der Waals surface area contributed by atoms with Crippen LogP contribution >= 0.6 is 0 Å². The second-order valence-electron chi connectivity index (χ2n) is 7.47. The van der Waals surface area contributed by atoms with Crippen molar-refractivity contribution in [3.8, 4) is 22.3 Å². The second kappa shape index (κ2) is 6.93. The predicted octanol–water partition coefficient (Wildman–Crippen LogP) is 7.60. The van der Waals surface area contributed by atoms with Gasteiger partial charge in [0.05, 0.1) is 0 Å². The largest absolute Gasteiger partial charge is 0.344 e.